The van der Waals surface area contributed by atoms with E-state index in [0.29, 0.717) is 16.4 Å². The number of rotatable bonds is 3. The summed E-state index contributed by atoms with van der Waals surface area (Å²) in [6.45, 7) is 3.51. The fourth-order valence-electron chi connectivity index (χ4n) is 1.54. The van der Waals surface area contributed by atoms with Crippen LogP contribution in [0.3, 0.4) is 0 Å². The van der Waals surface area contributed by atoms with E-state index in [2.05, 4.69) is 9.71 Å². The number of hydrogen-bond acceptors (Lipinski definition) is 5. The molecule has 5 nitrogen and oxygen atoms in total. The van der Waals surface area contributed by atoms with E-state index < -0.39 is 10.0 Å². The molecule has 0 aliphatic carbocycles. The van der Waals surface area contributed by atoms with Crippen molar-refractivity contribution in [3.8, 4) is 0 Å². The fourth-order valence-corrected chi connectivity index (χ4v) is 3.71. The van der Waals surface area contributed by atoms with Gasteiger partial charge in [-0.2, -0.15) is 0 Å². The molecule has 96 valence electrons. The van der Waals surface area contributed by atoms with Crippen molar-refractivity contribution in [2.45, 2.75) is 18.7 Å². The highest BCUT2D eigenvalue weighted by atomic mass is 32.2. The first-order chi connectivity index (χ1) is 8.38. The highest BCUT2D eigenvalue weighted by Gasteiger charge is 2.18. The number of aryl methyl sites for hydroxylation is 2. The second-order valence-electron chi connectivity index (χ2n) is 3.92. The first kappa shape index (κ1) is 12.8. The summed E-state index contributed by atoms with van der Waals surface area (Å²) in [5.41, 5.74) is 7.53. The molecule has 2 rings (SSSR count). The van der Waals surface area contributed by atoms with E-state index in [4.69, 9.17) is 5.73 Å². The normalized spacial score (nSPS) is 11.4. The Morgan fingerprint density at radius 2 is 2.06 bits per heavy atom. The Bertz CT molecular complexity index is 677. The van der Waals surface area contributed by atoms with Gasteiger partial charge in [0, 0.05) is 11.1 Å². The van der Waals surface area contributed by atoms with Crippen molar-refractivity contribution in [2.24, 2.45) is 0 Å². The van der Waals surface area contributed by atoms with Gasteiger partial charge in [0.25, 0.3) is 10.0 Å². The molecule has 1 heterocycles. The SMILES string of the molecule is Cc1csc(NS(=O)(=O)c2ccc(N)cc2C)n1. The summed E-state index contributed by atoms with van der Waals surface area (Å²) in [6.07, 6.45) is 0. The van der Waals surface area contributed by atoms with E-state index in [-0.39, 0.29) is 4.90 Å². The molecule has 0 unspecified atom stereocenters. The van der Waals surface area contributed by atoms with Crippen LogP contribution in [0.2, 0.25) is 0 Å². The average molecular weight is 283 g/mol. The number of benzene rings is 1. The Morgan fingerprint density at radius 1 is 1.33 bits per heavy atom. The van der Waals surface area contributed by atoms with Gasteiger partial charge in [0.1, 0.15) is 0 Å². The van der Waals surface area contributed by atoms with Crippen molar-refractivity contribution in [2.75, 3.05) is 10.5 Å². The molecular weight excluding hydrogens is 270 g/mol. The van der Waals surface area contributed by atoms with Gasteiger partial charge < -0.3 is 5.73 Å². The summed E-state index contributed by atoms with van der Waals surface area (Å²) in [4.78, 5) is 4.28. The van der Waals surface area contributed by atoms with E-state index >= 15 is 0 Å². The van der Waals surface area contributed by atoms with E-state index in [1.807, 2.05) is 6.92 Å². The molecule has 0 aliphatic rings. The smallest absolute Gasteiger partial charge is 0.263 e. The van der Waals surface area contributed by atoms with E-state index in [0.717, 1.165) is 5.69 Å². The highest BCUT2D eigenvalue weighted by molar-refractivity contribution is 7.93. The zero-order valence-electron chi connectivity index (χ0n) is 9.97. The third kappa shape index (κ3) is 2.62. The van der Waals surface area contributed by atoms with Gasteiger partial charge in [-0.15, -0.1) is 11.3 Å². The third-order valence-corrected chi connectivity index (χ3v) is 4.83. The number of nitrogens with zero attached hydrogens (tertiary/aromatic N) is 1. The van der Waals surface area contributed by atoms with E-state index in [1.54, 1.807) is 24.4 Å². The van der Waals surface area contributed by atoms with Gasteiger partial charge in [-0.25, -0.2) is 13.4 Å². The van der Waals surface area contributed by atoms with Crippen LogP contribution in [0.5, 0.6) is 0 Å². The van der Waals surface area contributed by atoms with Crippen molar-refractivity contribution in [1.82, 2.24) is 4.98 Å². The Labute approximate surface area is 110 Å². The predicted octanol–water partition coefficient (Wildman–Crippen LogP) is 2.14. The van der Waals surface area contributed by atoms with Crippen LogP contribution in [0.15, 0.2) is 28.5 Å². The molecule has 0 saturated carbocycles. The van der Waals surface area contributed by atoms with Crippen molar-refractivity contribution in [3.05, 3.63) is 34.8 Å². The summed E-state index contributed by atoms with van der Waals surface area (Å²) >= 11 is 1.25. The summed E-state index contributed by atoms with van der Waals surface area (Å²) < 4.78 is 26.8. The van der Waals surface area contributed by atoms with E-state index in [1.165, 1.54) is 17.4 Å². The fraction of sp³-hybridized carbons (Fsp3) is 0.182. The molecule has 18 heavy (non-hydrogen) atoms. The van der Waals surface area contributed by atoms with Gasteiger partial charge in [-0.05, 0) is 37.6 Å². The molecule has 0 bridgehead atoms. The van der Waals surface area contributed by atoms with Crippen LogP contribution in [0, 0.1) is 13.8 Å². The van der Waals surface area contributed by atoms with Crippen LogP contribution < -0.4 is 10.5 Å². The minimum absolute atomic E-state index is 0.213. The Kier molecular flexibility index (Phi) is 3.27. The molecule has 0 spiro atoms. The second-order valence-corrected chi connectivity index (χ2v) is 6.43. The molecule has 0 radical (unpaired) electrons. The maximum atomic E-state index is 12.2. The molecule has 1 aromatic carbocycles. The molecule has 0 saturated heterocycles. The van der Waals surface area contributed by atoms with Crippen LogP contribution in [-0.4, -0.2) is 13.4 Å². The second kappa shape index (κ2) is 4.58. The lowest BCUT2D eigenvalue weighted by molar-refractivity contribution is 0.600. The topological polar surface area (TPSA) is 85.1 Å². The molecule has 0 atom stereocenters. The molecule has 1 aromatic heterocycles. The predicted molar refractivity (Wildman–Crippen MR) is 73.3 cm³/mol. The number of aromatic nitrogens is 1. The van der Waals surface area contributed by atoms with Crippen LogP contribution in [0.1, 0.15) is 11.3 Å². The highest BCUT2D eigenvalue weighted by Crippen LogP contribution is 2.23. The number of anilines is 2. The first-order valence-corrected chi connectivity index (χ1v) is 7.56. The zero-order chi connectivity index (χ0) is 13.3. The molecule has 7 heteroatoms. The van der Waals surface area contributed by atoms with Crippen molar-refractivity contribution in [3.63, 3.8) is 0 Å². The number of nitrogen functional groups attached to an aromatic ring is 1. The number of nitrogens with one attached hydrogen (secondary N) is 1. The molecular formula is C11H13N3O2S2. The molecule has 2 aromatic rings. The number of hydrogen-bond donors (Lipinski definition) is 2. The minimum atomic E-state index is -3.61. The van der Waals surface area contributed by atoms with Gasteiger partial charge in [0.05, 0.1) is 10.6 Å². The van der Waals surface area contributed by atoms with Gasteiger partial charge in [-0.1, -0.05) is 0 Å². The summed E-state index contributed by atoms with van der Waals surface area (Å²) in [7, 11) is -3.61. The summed E-state index contributed by atoms with van der Waals surface area (Å²) in [6, 6.07) is 4.68. The average Bonchev–Trinajstić information content (AvgIpc) is 2.62. The standard InChI is InChI=1S/C11H13N3O2S2/c1-7-5-9(12)3-4-10(7)18(15,16)14-11-13-8(2)6-17-11/h3-6H,12H2,1-2H3,(H,13,14). The molecule has 3 N–H and O–H groups in total. The van der Waals surface area contributed by atoms with Gasteiger partial charge >= 0.3 is 0 Å². The Balaban J connectivity index is 2.36. The van der Waals surface area contributed by atoms with Crippen molar-refractivity contribution >= 4 is 32.2 Å². The largest absolute Gasteiger partial charge is 0.399 e. The van der Waals surface area contributed by atoms with E-state index in [9.17, 15) is 8.42 Å². The quantitative estimate of drug-likeness (QED) is 0.845. The van der Waals surface area contributed by atoms with Crippen LogP contribution >= 0.6 is 11.3 Å². The number of thiazole rings is 1. The monoisotopic (exact) mass is 283 g/mol. The van der Waals surface area contributed by atoms with Gasteiger partial charge in [0.15, 0.2) is 5.13 Å². The van der Waals surface area contributed by atoms with Gasteiger partial charge in [-0.3, -0.25) is 4.72 Å². The number of sulfonamides is 1. The van der Waals surface area contributed by atoms with Crippen LogP contribution in [0.4, 0.5) is 10.8 Å². The van der Waals surface area contributed by atoms with Crippen molar-refractivity contribution in [1.29, 1.82) is 0 Å². The Morgan fingerprint density at radius 3 is 2.61 bits per heavy atom. The third-order valence-electron chi connectivity index (χ3n) is 2.33. The Hall–Kier alpha value is -1.60. The first-order valence-electron chi connectivity index (χ1n) is 5.19. The van der Waals surface area contributed by atoms with Gasteiger partial charge in [0.2, 0.25) is 0 Å². The van der Waals surface area contributed by atoms with Crippen LogP contribution in [-0.2, 0) is 10.0 Å². The molecule has 0 amide bonds. The molecule has 0 fully saturated rings. The maximum Gasteiger partial charge on any atom is 0.263 e. The lowest BCUT2D eigenvalue weighted by Crippen LogP contribution is -2.14. The maximum absolute atomic E-state index is 12.2. The molecule has 0 aliphatic heterocycles. The zero-order valence-corrected chi connectivity index (χ0v) is 11.6. The van der Waals surface area contributed by atoms with Crippen LogP contribution in [0.25, 0.3) is 0 Å². The number of nitrogens with two attached hydrogens (primary N) is 1. The van der Waals surface area contributed by atoms with Crippen molar-refractivity contribution < 1.29 is 8.42 Å². The summed E-state index contributed by atoms with van der Waals surface area (Å²) in [5.74, 6) is 0. The lowest BCUT2D eigenvalue weighted by Gasteiger charge is -2.08. The lowest BCUT2D eigenvalue weighted by atomic mass is 10.2. The minimum Gasteiger partial charge on any atom is -0.399 e. The summed E-state index contributed by atoms with van der Waals surface area (Å²) in [5, 5.41) is 2.15.